The molecule has 0 spiro atoms. The Labute approximate surface area is 225 Å². The van der Waals surface area contributed by atoms with Gasteiger partial charge in [-0.1, -0.05) is 22.0 Å². The van der Waals surface area contributed by atoms with Crippen LogP contribution in [-0.4, -0.2) is 28.9 Å². The molecular weight excluding hydrogens is 536 g/mol. The van der Waals surface area contributed by atoms with Crippen LogP contribution in [-0.2, 0) is 0 Å². The second-order valence-corrected chi connectivity index (χ2v) is 9.98. The Morgan fingerprint density at radius 1 is 0.972 bits per heavy atom. The lowest BCUT2D eigenvalue weighted by Crippen LogP contribution is -2.30. The third kappa shape index (κ3) is 4.24. The minimum Gasteiger partial charge on any atom is -0.497 e. The summed E-state index contributed by atoms with van der Waals surface area (Å²) in [5, 5.41) is 4.16. The number of halogens is 1. The van der Waals surface area contributed by atoms with Crippen LogP contribution in [0.3, 0.4) is 0 Å². The zero-order chi connectivity index (χ0) is 25.4. The first kappa shape index (κ1) is 24.3. The van der Waals surface area contributed by atoms with Gasteiger partial charge < -0.3 is 24.3 Å². The van der Waals surface area contributed by atoms with Gasteiger partial charge in [0.25, 0.3) is 0 Å². The Morgan fingerprint density at radius 2 is 1.75 bits per heavy atom. The summed E-state index contributed by atoms with van der Waals surface area (Å²) >= 11 is 9.47. The third-order valence-electron chi connectivity index (χ3n) is 6.62. The highest BCUT2D eigenvalue weighted by molar-refractivity contribution is 9.10. The molecule has 1 saturated heterocycles. The molecule has 0 amide bonds. The molecule has 2 aromatic heterocycles. The van der Waals surface area contributed by atoms with Crippen LogP contribution in [0.15, 0.2) is 77.4 Å². The summed E-state index contributed by atoms with van der Waals surface area (Å²) in [5.74, 6) is 1.41. The topological polar surface area (TPSA) is 51.5 Å². The molecule has 0 unspecified atom stereocenters. The molecule has 0 saturated carbocycles. The van der Waals surface area contributed by atoms with Gasteiger partial charge in [0, 0.05) is 33.8 Å². The molecule has 36 heavy (non-hydrogen) atoms. The van der Waals surface area contributed by atoms with Crippen molar-refractivity contribution in [2.75, 3.05) is 19.1 Å². The number of aryl methyl sites for hydroxylation is 1. The van der Waals surface area contributed by atoms with Crippen LogP contribution in [0.2, 0.25) is 0 Å². The SMILES string of the molecule is COc1ccc(N2C(=S)N[C@H](c3ccccn3)[C@H]2c2cc(C)n(-c3ccc(Br)cc3)c2C)c(OC)c1. The molecular formula is C28H27BrN4O2S. The van der Waals surface area contributed by atoms with E-state index in [1.165, 1.54) is 0 Å². The van der Waals surface area contributed by atoms with E-state index in [2.05, 4.69) is 79.9 Å². The van der Waals surface area contributed by atoms with Crippen molar-refractivity contribution in [3.8, 4) is 17.2 Å². The van der Waals surface area contributed by atoms with E-state index < -0.39 is 0 Å². The molecule has 1 aliphatic heterocycles. The van der Waals surface area contributed by atoms with Gasteiger partial charge in [0.15, 0.2) is 5.11 Å². The van der Waals surface area contributed by atoms with Crippen LogP contribution in [0.25, 0.3) is 5.69 Å². The maximum Gasteiger partial charge on any atom is 0.174 e. The van der Waals surface area contributed by atoms with E-state index in [-0.39, 0.29) is 12.1 Å². The largest absolute Gasteiger partial charge is 0.497 e. The van der Waals surface area contributed by atoms with E-state index in [0.29, 0.717) is 10.9 Å². The monoisotopic (exact) mass is 562 g/mol. The van der Waals surface area contributed by atoms with Crippen molar-refractivity contribution in [1.29, 1.82) is 0 Å². The van der Waals surface area contributed by atoms with Gasteiger partial charge in [0.2, 0.25) is 0 Å². The number of hydrogen-bond donors (Lipinski definition) is 1. The lowest BCUT2D eigenvalue weighted by Gasteiger charge is -2.29. The Balaban J connectivity index is 1.69. The Hall–Kier alpha value is -3.36. The van der Waals surface area contributed by atoms with Gasteiger partial charge in [-0.2, -0.15) is 0 Å². The molecule has 4 aromatic rings. The summed E-state index contributed by atoms with van der Waals surface area (Å²) in [6, 6.07) is 22.1. The van der Waals surface area contributed by atoms with Crippen molar-refractivity contribution in [2.24, 2.45) is 0 Å². The second-order valence-electron chi connectivity index (χ2n) is 8.67. The van der Waals surface area contributed by atoms with Crippen molar-refractivity contribution >= 4 is 38.9 Å². The quantitative estimate of drug-likeness (QED) is 0.273. The molecule has 0 bridgehead atoms. The molecule has 8 heteroatoms. The zero-order valence-corrected chi connectivity index (χ0v) is 22.9. The maximum absolute atomic E-state index is 5.92. The number of aromatic nitrogens is 2. The summed E-state index contributed by atoms with van der Waals surface area (Å²) < 4.78 is 14.5. The second kappa shape index (κ2) is 9.95. The fraction of sp³-hybridized carbons (Fsp3) is 0.214. The van der Waals surface area contributed by atoms with Crippen LogP contribution >= 0.6 is 28.1 Å². The van der Waals surface area contributed by atoms with E-state index in [4.69, 9.17) is 21.7 Å². The molecule has 0 radical (unpaired) electrons. The Kier molecular flexibility index (Phi) is 6.73. The van der Waals surface area contributed by atoms with Crippen LogP contribution in [0.5, 0.6) is 11.5 Å². The Morgan fingerprint density at radius 3 is 2.42 bits per heavy atom. The smallest absolute Gasteiger partial charge is 0.174 e. The van der Waals surface area contributed by atoms with Crippen molar-refractivity contribution in [2.45, 2.75) is 25.9 Å². The minimum atomic E-state index is -0.149. The van der Waals surface area contributed by atoms with Gasteiger partial charge in [-0.05, 0) is 86.2 Å². The number of ether oxygens (including phenoxy) is 2. The summed E-state index contributed by atoms with van der Waals surface area (Å²) in [4.78, 5) is 6.82. The van der Waals surface area contributed by atoms with Gasteiger partial charge >= 0.3 is 0 Å². The van der Waals surface area contributed by atoms with E-state index in [9.17, 15) is 0 Å². The van der Waals surface area contributed by atoms with Crippen LogP contribution < -0.4 is 19.7 Å². The predicted octanol–water partition coefficient (Wildman–Crippen LogP) is 6.45. The van der Waals surface area contributed by atoms with E-state index in [1.807, 2.05) is 42.6 Å². The third-order valence-corrected chi connectivity index (χ3v) is 7.46. The number of rotatable bonds is 6. The molecule has 2 atom stereocenters. The normalized spacial score (nSPS) is 17.2. The number of anilines is 1. The number of nitrogens with zero attached hydrogens (tertiary/aromatic N) is 3. The average Bonchev–Trinajstić information content (AvgIpc) is 3.39. The number of pyridine rings is 1. The minimum absolute atomic E-state index is 0.148. The number of hydrogen-bond acceptors (Lipinski definition) is 4. The van der Waals surface area contributed by atoms with E-state index in [1.54, 1.807) is 14.2 Å². The van der Waals surface area contributed by atoms with Gasteiger partial charge in [-0.25, -0.2) is 0 Å². The molecule has 2 aromatic carbocycles. The predicted molar refractivity (Wildman–Crippen MR) is 150 cm³/mol. The molecule has 1 aliphatic rings. The van der Waals surface area contributed by atoms with Crippen molar-refractivity contribution in [3.05, 3.63) is 100 Å². The van der Waals surface area contributed by atoms with Gasteiger partial charge in [-0.15, -0.1) is 0 Å². The summed E-state index contributed by atoms with van der Waals surface area (Å²) in [5.41, 5.74) is 6.35. The van der Waals surface area contributed by atoms with Gasteiger partial charge in [-0.3, -0.25) is 4.98 Å². The first-order valence-electron chi connectivity index (χ1n) is 11.6. The highest BCUT2D eigenvalue weighted by Gasteiger charge is 2.43. The first-order valence-corrected chi connectivity index (χ1v) is 12.8. The summed E-state index contributed by atoms with van der Waals surface area (Å²) in [7, 11) is 3.31. The fourth-order valence-electron chi connectivity index (χ4n) is 4.99. The van der Waals surface area contributed by atoms with Crippen LogP contribution in [0.1, 0.15) is 34.7 Å². The summed E-state index contributed by atoms with van der Waals surface area (Å²) in [6.07, 6.45) is 1.82. The molecule has 0 aliphatic carbocycles. The van der Waals surface area contributed by atoms with Gasteiger partial charge in [0.1, 0.15) is 11.5 Å². The first-order chi connectivity index (χ1) is 17.4. The Bertz CT molecular complexity index is 1410. The molecule has 1 N–H and O–H groups in total. The van der Waals surface area contributed by atoms with Gasteiger partial charge in [0.05, 0.1) is 37.7 Å². The number of methoxy groups -OCH3 is 2. The fourth-order valence-corrected chi connectivity index (χ4v) is 5.59. The van der Waals surface area contributed by atoms with E-state index in [0.717, 1.165) is 44.2 Å². The number of nitrogens with one attached hydrogen (secondary N) is 1. The molecule has 1 fully saturated rings. The molecule has 5 rings (SSSR count). The average molecular weight is 564 g/mol. The number of thiocarbonyl (C=S) groups is 1. The lowest BCUT2D eigenvalue weighted by atomic mass is 9.96. The summed E-state index contributed by atoms with van der Waals surface area (Å²) in [6.45, 7) is 4.29. The van der Waals surface area contributed by atoms with Crippen molar-refractivity contribution in [1.82, 2.24) is 14.9 Å². The molecule has 6 nitrogen and oxygen atoms in total. The highest BCUT2D eigenvalue weighted by atomic mass is 79.9. The van der Waals surface area contributed by atoms with Crippen molar-refractivity contribution < 1.29 is 9.47 Å². The van der Waals surface area contributed by atoms with E-state index >= 15 is 0 Å². The van der Waals surface area contributed by atoms with Crippen LogP contribution in [0, 0.1) is 13.8 Å². The van der Waals surface area contributed by atoms with Crippen LogP contribution in [0.4, 0.5) is 5.69 Å². The number of benzene rings is 2. The molecule has 184 valence electrons. The van der Waals surface area contributed by atoms with Crippen molar-refractivity contribution in [3.63, 3.8) is 0 Å². The standard InChI is InChI=1S/C28H27BrN4O2S/c1-17-15-22(18(2)32(17)20-10-8-19(29)9-11-20)27-26(23-7-5-6-14-30-23)31-28(36)33(27)24-13-12-21(34-3)16-25(24)35-4/h5-16,26-27H,1-4H3,(H,31,36)/t26-,27-/m1/s1. The maximum atomic E-state index is 5.92. The zero-order valence-electron chi connectivity index (χ0n) is 20.5. The molecule has 3 heterocycles. The lowest BCUT2D eigenvalue weighted by molar-refractivity contribution is 0.394. The highest BCUT2D eigenvalue weighted by Crippen LogP contribution is 2.46.